The van der Waals surface area contributed by atoms with Gasteiger partial charge in [0, 0.05) is 28.6 Å². The Kier molecular flexibility index (Phi) is 4.98. The van der Waals surface area contributed by atoms with Crippen LogP contribution in [0.5, 0.6) is 0 Å². The minimum Gasteiger partial charge on any atom is -0.326 e. The van der Waals surface area contributed by atoms with Gasteiger partial charge >= 0.3 is 0 Å². The fourth-order valence-corrected chi connectivity index (χ4v) is 3.60. The molecule has 5 rings (SSSR count). The van der Waals surface area contributed by atoms with Crippen molar-refractivity contribution in [1.29, 1.82) is 0 Å². The summed E-state index contributed by atoms with van der Waals surface area (Å²) in [5, 5.41) is 18.3. The highest BCUT2D eigenvalue weighted by Crippen LogP contribution is 2.30. The highest BCUT2D eigenvalue weighted by molar-refractivity contribution is 5.97. The third-order valence-corrected chi connectivity index (χ3v) is 5.15. The molecule has 0 saturated carbocycles. The van der Waals surface area contributed by atoms with E-state index >= 15 is 0 Å². The Labute approximate surface area is 178 Å². The predicted molar refractivity (Wildman–Crippen MR) is 120 cm³/mol. The molecule has 0 radical (unpaired) electrons. The summed E-state index contributed by atoms with van der Waals surface area (Å²) in [5.74, 6) is 0.689. The number of hydrogen-bond donors (Lipinski definition) is 3. The topological polar surface area (TPSA) is 99.3 Å². The quantitative estimate of drug-likeness (QED) is 0.383. The van der Waals surface area contributed by atoms with E-state index in [1.165, 1.54) is 6.33 Å². The summed E-state index contributed by atoms with van der Waals surface area (Å²) in [6.07, 6.45) is 2.63. The van der Waals surface area contributed by atoms with Gasteiger partial charge in [-0.05, 0) is 42.3 Å². The second-order valence-corrected chi connectivity index (χ2v) is 7.28. The number of hydrogen-bond acceptors (Lipinski definition) is 4. The van der Waals surface area contributed by atoms with Crippen molar-refractivity contribution in [2.45, 2.75) is 12.8 Å². The molecule has 0 fully saturated rings. The molecule has 0 aliphatic heterocycles. The first kappa shape index (κ1) is 18.7. The number of H-pyrrole nitrogens is 2. The van der Waals surface area contributed by atoms with Crippen molar-refractivity contribution in [3.63, 3.8) is 0 Å². The van der Waals surface area contributed by atoms with E-state index in [0.29, 0.717) is 18.7 Å². The number of nitrogens with zero attached hydrogens (tertiary/aromatic N) is 3. The molecule has 0 aliphatic rings. The first-order valence-corrected chi connectivity index (χ1v) is 10.0. The van der Waals surface area contributed by atoms with Crippen molar-refractivity contribution in [2.75, 3.05) is 5.32 Å². The Morgan fingerprint density at radius 3 is 2.65 bits per heavy atom. The monoisotopic (exact) mass is 408 g/mol. The Hall–Kier alpha value is -4.26. The first-order valence-electron chi connectivity index (χ1n) is 10.0. The van der Waals surface area contributed by atoms with Crippen molar-refractivity contribution in [1.82, 2.24) is 25.4 Å². The molecule has 7 nitrogen and oxygen atoms in total. The maximum Gasteiger partial charge on any atom is 0.224 e. The molecule has 0 bridgehead atoms. The molecular formula is C24H20N6O. The van der Waals surface area contributed by atoms with Crippen LogP contribution >= 0.6 is 0 Å². The van der Waals surface area contributed by atoms with Crippen molar-refractivity contribution in [2.24, 2.45) is 0 Å². The normalized spacial score (nSPS) is 11.0. The summed E-state index contributed by atoms with van der Waals surface area (Å²) in [7, 11) is 0. The lowest BCUT2D eigenvalue weighted by Crippen LogP contribution is -2.12. The lowest BCUT2D eigenvalue weighted by molar-refractivity contribution is -0.116. The summed E-state index contributed by atoms with van der Waals surface area (Å²) in [6, 6.07) is 23.7. The highest BCUT2D eigenvalue weighted by atomic mass is 16.1. The van der Waals surface area contributed by atoms with Crippen LogP contribution in [-0.2, 0) is 11.2 Å². The molecule has 31 heavy (non-hydrogen) atoms. The fraction of sp³-hybridized carbons (Fsp3) is 0.0833. The summed E-state index contributed by atoms with van der Waals surface area (Å²) >= 11 is 0. The van der Waals surface area contributed by atoms with Crippen LogP contribution in [0.4, 0.5) is 5.69 Å². The van der Waals surface area contributed by atoms with E-state index in [1.807, 2.05) is 72.8 Å². The second-order valence-electron chi connectivity index (χ2n) is 7.28. The van der Waals surface area contributed by atoms with Crippen molar-refractivity contribution >= 4 is 22.5 Å². The molecule has 3 aromatic carbocycles. The van der Waals surface area contributed by atoms with Crippen LogP contribution in [0.15, 0.2) is 79.1 Å². The van der Waals surface area contributed by atoms with Crippen LogP contribution in [0.25, 0.3) is 33.5 Å². The van der Waals surface area contributed by atoms with E-state index in [1.54, 1.807) is 0 Å². The summed E-state index contributed by atoms with van der Waals surface area (Å²) in [6.45, 7) is 0. The van der Waals surface area contributed by atoms with E-state index in [0.717, 1.165) is 39.0 Å². The minimum absolute atomic E-state index is 0.0134. The largest absolute Gasteiger partial charge is 0.326 e. The predicted octanol–water partition coefficient (Wildman–Crippen LogP) is 4.59. The molecule has 0 atom stereocenters. The first-order chi connectivity index (χ1) is 15.3. The van der Waals surface area contributed by atoms with E-state index < -0.39 is 0 Å². The standard InChI is InChI=1S/C24H20N6O/c31-22(12-9-16-5-2-1-3-6-16)27-19-8-4-7-17(13-19)23-20-14-18(24-25-15-26-30-24)10-11-21(20)28-29-23/h1-8,10-11,13-15H,9,12H2,(H,27,31)(H,28,29)(H,25,26,30). The molecule has 3 N–H and O–H groups in total. The van der Waals surface area contributed by atoms with Gasteiger partial charge in [-0.25, -0.2) is 4.98 Å². The van der Waals surface area contributed by atoms with Gasteiger partial charge in [0.05, 0.1) is 11.2 Å². The van der Waals surface area contributed by atoms with Crippen LogP contribution < -0.4 is 5.32 Å². The maximum absolute atomic E-state index is 12.4. The van der Waals surface area contributed by atoms with Gasteiger partial charge in [-0.3, -0.25) is 15.0 Å². The zero-order chi connectivity index (χ0) is 21.0. The van der Waals surface area contributed by atoms with E-state index in [4.69, 9.17) is 0 Å². The fourth-order valence-electron chi connectivity index (χ4n) is 3.60. The van der Waals surface area contributed by atoms with Crippen molar-refractivity contribution in [3.05, 3.63) is 84.7 Å². The lowest BCUT2D eigenvalue weighted by Gasteiger charge is -2.07. The SMILES string of the molecule is O=C(CCc1ccccc1)Nc1cccc(-c2n[nH]c3ccc(-c4ncn[nH]4)cc23)c1. The van der Waals surface area contributed by atoms with Gasteiger partial charge < -0.3 is 5.32 Å². The average molecular weight is 408 g/mol. The molecule has 5 aromatic rings. The zero-order valence-electron chi connectivity index (χ0n) is 16.7. The molecular weight excluding hydrogens is 388 g/mol. The van der Waals surface area contributed by atoms with Gasteiger partial charge in [0.2, 0.25) is 5.91 Å². The number of fused-ring (bicyclic) bond motifs is 1. The van der Waals surface area contributed by atoms with Gasteiger partial charge in [-0.2, -0.15) is 10.2 Å². The summed E-state index contributed by atoms with van der Waals surface area (Å²) in [5.41, 5.74) is 5.49. The van der Waals surface area contributed by atoms with Gasteiger partial charge in [0.1, 0.15) is 6.33 Å². The molecule has 0 saturated heterocycles. The van der Waals surface area contributed by atoms with Crippen LogP contribution in [0.2, 0.25) is 0 Å². The number of carbonyl (C=O) groups excluding carboxylic acids is 1. The number of amides is 1. The summed E-state index contributed by atoms with van der Waals surface area (Å²) < 4.78 is 0. The van der Waals surface area contributed by atoms with E-state index in [-0.39, 0.29) is 5.91 Å². The minimum atomic E-state index is -0.0134. The Morgan fingerprint density at radius 2 is 1.81 bits per heavy atom. The Bertz CT molecular complexity index is 1320. The van der Waals surface area contributed by atoms with Crippen molar-refractivity contribution in [3.8, 4) is 22.6 Å². The van der Waals surface area contributed by atoms with Gasteiger partial charge in [0.15, 0.2) is 5.82 Å². The van der Waals surface area contributed by atoms with E-state index in [9.17, 15) is 4.79 Å². The molecule has 2 heterocycles. The molecule has 7 heteroatoms. The number of aromatic amines is 2. The molecule has 0 unspecified atom stereocenters. The number of benzene rings is 3. The molecule has 0 spiro atoms. The van der Waals surface area contributed by atoms with Gasteiger partial charge in [0.25, 0.3) is 0 Å². The molecule has 152 valence electrons. The number of anilines is 1. The van der Waals surface area contributed by atoms with Gasteiger partial charge in [-0.15, -0.1) is 0 Å². The van der Waals surface area contributed by atoms with Gasteiger partial charge in [-0.1, -0.05) is 42.5 Å². The second kappa shape index (κ2) is 8.23. The van der Waals surface area contributed by atoms with E-state index in [2.05, 4.69) is 30.7 Å². The summed E-state index contributed by atoms with van der Waals surface area (Å²) in [4.78, 5) is 16.6. The molecule has 1 amide bonds. The number of aromatic nitrogens is 5. The smallest absolute Gasteiger partial charge is 0.224 e. The maximum atomic E-state index is 12.4. The Morgan fingerprint density at radius 1 is 0.903 bits per heavy atom. The number of nitrogens with one attached hydrogen (secondary N) is 3. The number of aryl methyl sites for hydroxylation is 1. The van der Waals surface area contributed by atoms with Crippen LogP contribution in [0, 0.1) is 0 Å². The van der Waals surface area contributed by atoms with Crippen LogP contribution in [0.3, 0.4) is 0 Å². The van der Waals surface area contributed by atoms with Crippen molar-refractivity contribution < 1.29 is 4.79 Å². The third kappa shape index (κ3) is 4.06. The number of carbonyl (C=O) groups is 1. The third-order valence-electron chi connectivity index (χ3n) is 5.15. The lowest BCUT2D eigenvalue weighted by atomic mass is 10.0. The molecule has 2 aromatic heterocycles. The Balaban J connectivity index is 1.37. The van der Waals surface area contributed by atoms with Crippen LogP contribution in [-0.4, -0.2) is 31.3 Å². The number of rotatable bonds is 6. The molecule has 0 aliphatic carbocycles. The zero-order valence-corrected chi connectivity index (χ0v) is 16.7. The average Bonchev–Trinajstić information content (AvgIpc) is 3.48. The van der Waals surface area contributed by atoms with Crippen LogP contribution in [0.1, 0.15) is 12.0 Å². The highest BCUT2D eigenvalue weighted by Gasteiger charge is 2.12.